The van der Waals surface area contributed by atoms with E-state index in [9.17, 15) is 4.57 Å². The standard InChI is InChI=1S/C3H10NO3P/c1-3-6-8(2,5)7-4/h3-4H2,1-2H3. The van der Waals surface area contributed by atoms with E-state index in [1.54, 1.807) is 6.92 Å². The molecule has 0 rings (SSSR count). The summed E-state index contributed by atoms with van der Waals surface area (Å²) in [7, 11) is -2.90. The van der Waals surface area contributed by atoms with Gasteiger partial charge in [-0.1, -0.05) is 0 Å². The fourth-order valence-corrected chi connectivity index (χ4v) is 0.795. The summed E-state index contributed by atoms with van der Waals surface area (Å²) in [5.41, 5.74) is 0. The Morgan fingerprint density at radius 1 is 1.75 bits per heavy atom. The maximum absolute atomic E-state index is 10.6. The van der Waals surface area contributed by atoms with Gasteiger partial charge in [-0.05, 0) is 6.92 Å². The molecule has 0 aromatic carbocycles. The first kappa shape index (κ1) is 8.11. The van der Waals surface area contributed by atoms with E-state index in [2.05, 4.69) is 15.0 Å². The molecule has 0 aliphatic heterocycles. The van der Waals surface area contributed by atoms with E-state index in [1.807, 2.05) is 0 Å². The molecule has 4 nitrogen and oxygen atoms in total. The monoisotopic (exact) mass is 139 g/mol. The summed E-state index contributed by atoms with van der Waals surface area (Å²) in [5.74, 6) is 4.60. The van der Waals surface area contributed by atoms with E-state index in [-0.39, 0.29) is 0 Å². The summed E-state index contributed by atoms with van der Waals surface area (Å²) >= 11 is 0. The van der Waals surface area contributed by atoms with Gasteiger partial charge < -0.3 is 4.52 Å². The van der Waals surface area contributed by atoms with Gasteiger partial charge in [-0.3, -0.25) is 4.57 Å². The number of hydrogen-bond acceptors (Lipinski definition) is 4. The second-order valence-corrected chi connectivity index (χ2v) is 3.31. The zero-order valence-corrected chi connectivity index (χ0v) is 5.85. The molecule has 0 heterocycles. The maximum atomic E-state index is 10.6. The van der Waals surface area contributed by atoms with E-state index in [4.69, 9.17) is 0 Å². The van der Waals surface area contributed by atoms with Crippen LogP contribution >= 0.6 is 7.60 Å². The van der Waals surface area contributed by atoms with E-state index in [0.29, 0.717) is 6.61 Å². The Bertz CT molecular complexity index is 105. The molecule has 50 valence electrons. The Labute approximate surface area is 48.5 Å². The van der Waals surface area contributed by atoms with Crippen molar-refractivity contribution in [1.82, 2.24) is 0 Å². The van der Waals surface area contributed by atoms with Gasteiger partial charge in [0.2, 0.25) is 0 Å². The van der Waals surface area contributed by atoms with Crippen LogP contribution in [0.1, 0.15) is 6.92 Å². The first-order valence-electron chi connectivity index (χ1n) is 2.23. The Morgan fingerprint density at radius 3 is 2.38 bits per heavy atom. The van der Waals surface area contributed by atoms with Gasteiger partial charge in [-0.2, -0.15) is 0 Å². The maximum Gasteiger partial charge on any atom is 0.343 e. The smallest absolute Gasteiger partial charge is 0.308 e. The first-order valence-corrected chi connectivity index (χ1v) is 4.22. The molecule has 0 saturated carbocycles. The summed E-state index contributed by atoms with van der Waals surface area (Å²) in [5, 5.41) is 0. The lowest BCUT2D eigenvalue weighted by Gasteiger charge is -2.06. The minimum absolute atomic E-state index is 0.352. The Morgan fingerprint density at radius 2 is 2.25 bits per heavy atom. The van der Waals surface area contributed by atoms with Gasteiger partial charge in [0.25, 0.3) is 0 Å². The molecule has 0 fully saturated rings. The van der Waals surface area contributed by atoms with Crippen molar-refractivity contribution in [3.63, 3.8) is 0 Å². The molecule has 1 atom stereocenters. The zero-order valence-electron chi connectivity index (χ0n) is 4.96. The molecule has 0 saturated heterocycles. The largest absolute Gasteiger partial charge is 0.343 e. The van der Waals surface area contributed by atoms with E-state index < -0.39 is 7.60 Å². The van der Waals surface area contributed by atoms with Crippen LogP contribution < -0.4 is 5.90 Å². The lowest BCUT2D eigenvalue weighted by molar-refractivity contribution is 0.221. The molecular formula is C3H10NO3P. The summed E-state index contributed by atoms with van der Waals surface area (Å²) in [6.45, 7) is 3.39. The van der Waals surface area contributed by atoms with E-state index in [1.165, 1.54) is 6.66 Å². The van der Waals surface area contributed by atoms with Crippen LogP contribution in [0.5, 0.6) is 0 Å². The van der Waals surface area contributed by atoms with Crippen molar-refractivity contribution in [2.45, 2.75) is 6.92 Å². The molecule has 0 bridgehead atoms. The summed E-state index contributed by atoms with van der Waals surface area (Å²) in [6.07, 6.45) is 0. The zero-order chi connectivity index (χ0) is 6.62. The van der Waals surface area contributed by atoms with Gasteiger partial charge >= 0.3 is 7.60 Å². The third-order valence-corrected chi connectivity index (χ3v) is 1.67. The van der Waals surface area contributed by atoms with Crippen LogP contribution in [0.4, 0.5) is 0 Å². The van der Waals surface area contributed by atoms with Crippen molar-refractivity contribution in [3.8, 4) is 0 Å². The number of nitrogens with two attached hydrogens (primary N) is 1. The molecule has 0 amide bonds. The predicted molar refractivity (Wildman–Crippen MR) is 30.4 cm³/mol. The third kappa shape index (κ3) is 3.16. The molecule has 0 aromatic rings. The van der Waals surface area contributed by atoms with Gasteiger partial charge in [0.05, 0.1) is 6.61 Å². The van der Waals surface area contributed by atoms with Crippen LogP contribution in [0.2, 0.25) is 0 Å². The molecular weight excluding hydrogens is 129 g/mol. The topological polar surface area (TPSA) is 61.5 Å². The Hall–Kier alpha value is 0.110. The van der Waals surface area contributed by atoms with E-state index >= 15 is 0 Å². The minimum atomic E-state index is -2.90. The van der Waals surface area contributed by atoms with Gasteiger partial charge in [-0.25, -0.2) is 10.5 Å². The van der Waals surface area contributed by atoms with Gasteiger partial charge in [0, 0.05) is 6.66 Å². The average Bonchev–Trinajstić information content (AvgIpc) is 1.67. The first-order chi connectivity index (χ1) is 3.62. The quantitative estimate of drug-likeness (QED) is 0.462. The van der Waals surface area contributed by atoms with Gasteiger partial charge in [0.15, 0.2) is 0 Å². The van der Waals surface area contributed by atoms with E-state index in [0.717, 1.165) is 0 Å². The SMILES string of the molecule is CCOP(C)(=O)ON. The van der Waals surface area contributed by atoms with Crippen molar-refractivity contribution < 1.29 is 13.7 Å². The highest BCUT2D eigenvalue weighted by atomic mass is 31.2. The molecule has 8 heavy (non-hydrogen) atoms. The molecule has 0 aromatic heterocycles. The van der Waals surface area contributed by atoms with Crippen LogP contribution in [0.15, 0.2) is 0 Å². The van der Waals surface area contributed by atoms with Crippen LogP contribution in [0.3, 0.4) is 0 Å². The summed E-state index contributed by atoms with van der Waals surface area (Å²) < 4.78 is 19.2. The molecule has 0 radical (unpaired) electrons. The van der Waals surface area contributed by atoms with Crippen molar-refractivity contribution in [2.75, 3.05) is 13.3 Å². The molecule has 0 spiro atoms. The second kappa shape index (κ2) is 3.20. The van der Waals surface area contributed by atoms with Crippen molar-refractivity contribution in [2.24, 2.45) is 5.90 Å². The normalized spacial score (nSPS) is 17.9. The van der Waals surface area contributed by atoms with Crippen LogP contribution in [-0.4, -0.2) is 13.3 Å². The second-order valence-electron chi connectivity index (χ2n) is 1.29. The fraction of sp³-hybridized carbons (Fsp3) is 1.00. The number of hydrogen-bond donors (Lipinski definition) is 1. The lowest BCUT2D eigenvalue weighted by atomic mass is 10.9. The highest BCUT2D eigenvalue weighted by Crippen LogP contribution is 2.40. The van der Waals surface area contributed by atoms with Crippen LogP contribution in [-0.2, 0) is 13.7 Å². The molecule has 2 N–H and O–H groups in total. The van der Waals surface area contributed by atoms with Crippen molar-refractivity contribution in [3.05, 3.63) is 0 Å². The highest BCUT2D eigenvalue weighted by Gasteiger charge is 2.12. The number of rotatable bonds is 3. The van der Waals surface area contributed by atoms with Crippen molar-refractivity contribution in [1.29, 1.82) is 0 Å². The predicted octanol–water partition coefficient (Wildman–Crippen LogP) is 0.736. The Kier molecular flexibility index (Phi) is 3.24. The van der Waals surface area contributed by atoms with Gasteiger partial charge in [-0.15, -0.1) is 0 Å². The molecule has 0 aliphatic carbocycles. The summed E-state index contributed by atoms with van der Waals surface area (Å²) in [6, 6.07) is 0. The fourth-order valence-electron chi connectivity index (χ4n) is 0.265. The van der Waals surface area contributed by atoms with Crippen LogP contribution in [0.25, 0.3) is 0 Å². The Balaban J connectivity index is 3.55. The minimum Gasteiger partial charge on any atom is -0.308 e. The van der Waals surface area contributed by atoms with Crippen LogP contribution in [0, 0.1) is 0 Å². The third-order valence-electron chi connectivity index (χ3n) is 0.555. The molecule has 0 aliphatic rings. The lowest BCUT2D eigenvalue weighted by Crippen LogP contribution is -1.98. The molecule has 1 unspecified atom stereocenters. The van der Waals surface area contributed by atoms with Gasteiger partial charge in [0.1, 0.15) is 0 Å². The van der Waals surface area contributed by atoms with Crippen molar-refractivity contribution >= 4 is 7.60 Å². The summed E-state index contributed by atoms with van der Waals surface area (Å²) in [4.78, 5) is 0. The molecule has 5 heteroatoms. The highest BCUT2D eigenvalue weighted by molar-refractivity contribution is 7.52. The average molecular weight is 139 g/mol.